The van der Waals surface area contributed by atoms with E-state index in [1.54, 1.807) is 0 Å². The van der Waals surface area contributed by atoms with Crippen LogP contribution in [0.15, 0.2) is 0 Å². The van der Waals surface area contributed by atoms with E-state index in [4.69, 9.17) is 0 Å². The molecule has 0 atom stereocenters. The van der Waals surface area contributed by atoms with Crippen molar-refractivity contribution in [3.63, 3.8) is 0 Å². The van der Waals surface area contributed by atoms with Gasteiger partial charge in [-0.2, -0.15) is 0 Å². The second kappa shape index (κ2) is 4.66. The van der Waals surface area contributed by atoms with Crippen LogP contribution in [0.25, 0.3) is 0 Å². The Morgan fingerprint density at radius 1 is 1.19 bits per heavy atom. The lowest BCUT2D eigenvalue weighted by molar-refractivity contribution is 0.0449. The van der Waals surface area contributed by atoms with E-state index in [0.29, 0.717) is 5.41 Å². The topological polar surface area (TPSA) is 24.1 Å². The van der Waals surface area contributed by atoms with Crippen molar-refractivity contribution in [3.05, 3.63) is 0 Å². The van der Waals surface area contributed by atoms with Crippen LogP contribution in [0.3, 0.4) is 0 Å². The number of rotatable bonds is 3. The summed E-state index contributed by atoms with van der Waals surface area (Å²) in [5, 5.41) is 7.19. The molecule has 1 spiro atoms. The molecule has 0 aromatic carbocycles. The molecule has 0 aromatic heterocycles. The van der Waals surface area contributed by atoms with Crippen molar-refractivity contribution < 1.29 is 0 Å². The van der Waals surface area contributed by atoms with Gasteiger partial charge in [0.15, 0.2) is 0 Å². The fourth-order valence-electron chi connectivity index (χ4n) is 3.15. The summed E-state index contributed by atoms with van der Waals surface area (Å²) < 4.78 is 0. The summed E-state index contributed by atoms with van der Waals surface area (Å²) in [7, 11) is 0. The largest absolute Gasteiger partial charge is 0.317 e. The van der Waals surface area contributed by atoms with Crippen molar-refractivity contribution in [2.75, 3.05) is 19.6 Å². The van der Waals surface area contributed by atoms with Crippen molar-refractivity contribution in [3.8, 4) is 0 Å². The van der Waals surface area contributed by atoms with Gasteiger partial charge >= 0.3 is 0 Å². The first-order valence-corrected chi connectivity index (χ1v) is 6.93. The van der Waals surface area contributed by atoms with Crippen LogP contribution in [0.2, 0.25) is 0 Å². The van der Waals surface area contributed by atoms with Gasteiger partial charge in [0.05, 0.1) is 0 Å². The minimum atomic E-state index is 0.475. The Labute approximate surface area is 101 Å². The predicted octanol–water partition coefficient (Wildman–Crippen LogP) is 2.54. The van der Waals surface area contributed by atoms with Gasteiger partial charge in [0, 0.05) is 6.04 Å². The summed E-state index contributed by atoms with van der Waals surface area (Å²) in [4.78, 5) is 0. The Bertz CT molecular complexity index is 215. The minimum Gasteiger partial charge on any atom is -0.317 e. The third kappa shape index (κ3) is 3.21. The van der Waals surface area contributed by atoms with E-state index in [-0.39, 0.29) is 0 Å². The monoisotopic (exact) mass is 224 g/mol. The van der Waals surface area contributed by atoms with Gasteiger partial charge < -0.3 is 10.6 Å². The van der Waals surface area contributed by atoms with Gasteiger partial charge in [-0.15, -0.1) is 0 Å². The smallest absolute Gasteiger partial charge is 0.00776 e. The molecule has 0 unspecified atom stereocenters. The van der Waals surface area contributed by atoms with Crippen molar-refractivity contribution in [2.45, 2.75) is 58.9 Å². The normalized spacial score (nSPS) is 25.7. The van der Waals surface area contributed by atoms with Gasteiger partial charge in [0.25, 0.3) is 0 Å². The fourth-order valence-corrected chi connectivity index (χ4v) is 3.15. The Kier molecular flexibility index (Phi) is 3.60. The van der Waals surface area contributed by atoms with E-state index in [0.717, 1.165) is 11.5 Å². The summed E-state index contributed by atoms with van der Waals surface area (Å²) >= 11 is 0. The van der Waals surface area contributed by atoms with Crippen LogP contribution in [-0.4, -0.2) is 25.7 Å². The summed E-state index contributed by atoms with van der Waals surface area (Å²) in [5.41, 5.74) is 1.20. The summed E-state index contributed by atoms with van der Waals surface area (Å²) in [6, 6.07) is 0.820. The predicted molar refractivity (Wildman–Crippen MR) is 69.6 cm³/mol. The van der Waals surface area contributed by atoms with Gasteiger partial charge in [-0.1, -0.05) is 20.8 Å². The molecular formula is C14H28N2. The molecule has 16 heavy (non-hydrogen) atoms. The quantitative estimate of drug-likeness (QED) is 0.770. The van der Waals surface area contributed by atoms with E-state index in [9.17, 15) is 0 Å². The molecule has 1 aliphatic carbocycles. The lowest BCUT2D eigenvalue weighted by Crippen LogP contribution is -2.53. The molecule has 0 bridgehead atoms. The molecular weight excluding hydrogens is 196 g/mol. The van der Waals surface area contributed by atoms with E-state index < -0.39 is 0 Å². The zero-order valence-corrected chi connectivity index (χ0v) is 11.2. The fraction of sp³-hybridized carbons (Fsp3) is 1.00. The summed E-state index contributed by atoms with van der Waals surface area (Å²) in [6.45, 7) is 10.7. The Morgan fingerprint density at radius 2 is 1.81 bits per heavy atom. The maximum absolute atomic E-state index is 3.73. The number of hydrogen-bond donors (Lipinski definition) is 2. The van der Waals surface area contributed by atoms with Crippen LogP contribution in [0, 0.1) is 10.8 Å². The Hall–Kier alpha value is -0.0800. The standard InChI is InChI=1S/C14H28N2/c1-13(2,3)4-9-16-12-10-14(11-12)5-7-15-8-6-14/h12,15-16H,4-11H2,1-3H3. The molecule has 2 heteroatoms. The van der Waals surface area contributed by atoms with E-state index in [1.165, 1.54) is 51.7 Å². The maximum Gasteiger partial charge on any atom is 0.00776 e. The average Bonchev–Trinajstić information content (AvgIpc) is 2.15. The lowest BCUT2D eigenvalue weighted by atomic mass is 9.60. The molecule has 2 rings (SSSR count). The molecule has 0 radical (unpaired) electrons. The van der Waals surface area contributed by atoms with E-state index >= 15 is 0 Å². The second-order valence-corrected chi connectivity index (χ2v) is 7.12. The summed E-state index contributed by atoms with van der Waals surface area (Å²) in [6.07, 6.45) is 6.96. The molecule has 1 heterocycles. The molecule has 0 amide bonds. The molecule has 2 fully saturated rings. The Morgan fingerprint density at radius 3 is 2.38 bits per heavy atom. The van der Waals surface area contributed by atoms with Crippen molar-refractivity contribution >= 4 is 0 Å². The molecule has 94 valence electrons. The van der Waals surface area contributed by atoms with Crippen LogP contribution in [0.5, 0.6) is 0 Å². The van der Waals surface area contributed by atoms with E-state index in [2.05, 4.69) is 31.4 Å². The van der Waals surface area contributed by atoms with Crippen molar-refractivity contribution in [1.82, 2.24) is 10.6 Å². The highest BCUT2D eigenvalue weighted by Gasteiger charge is 2.43. The SMILES string of the molecule is CC(C)(C)CCNC1CC2(CCNCC2)C1. The highest BCUT2D eigenvalue weighted by molar-refractivity contribution is 4.99. The molecule has 2 N–H and O–H groups in total. The van der Waals surface area contributed by atoms with Gasteiger partial charge in [-0.25, -0.2) is 0 Å². The molecule has 2 nitrogen and oxygen atoms in total. The summed E-state index contributed by atoms with van der Waals surface area (Å²) in [5.74, 6) is 0. The maximum atomic E-state index is 3.73. The van der Waals surface area contributed by atoms with Crippen molar-refractivity contribution in [1.29, 1.82) is 0 Å². The second-order valence-electron chi connectivity index (χ2n) is 7.12. The highest BCUT2D eigenvalue weighted by Crippen LogP contribution is 2.47. The van der Waals surface area contributed by atoms with Gasteiger partial charge in [0.1, 0.15) is 0 Å². The number of hydrogen-bond acceptors (Lipinski definition) is 2. The zero-order valence-electron chi connectivity index (χ0n) is 11.2. The van der Waals surface area contributed by atoms with Crippen LogP contribution >= 0.6 is 0 Å². The zero-order chi connectivity index (χ0) is 11.6. The van der Waals surface area contributed by atoms with Gasteiger partial charge in [-0.05, 0) is 62.6 Å². The highest BCUT2D eigenvalue weighted by atomic mass is 15.0. The molecule has 2 aliphatic rings. The van der Waals surface area contributed by atoms with Crippen LogP contribution in [-0.2, 0) is 0 Å². The first-order valence-electron chi connectivity index (χ1n) is 6.93. The minimum absolute atomic E-state index is 0.475. The molecule has 0 aromatic rings. The number of piperidine rings is 1. The van der Waals surface area contributed by atoms with Crippen LogP contribution < -0.4 is 10.6 Å². The Balaban J connectivity index is 1.61. The third-order valence-corrected chi connectivity index (χ3v) is 4.33. The van der Waals surface area contributed by atoms with Gasteiger partial charge in [0.2, 0.25) is 0 Å². The number of nitrogens with one attached hydrogen (secondary N) is 2. The first-order chi connectivity index (χ1) is 7.49. The van der Waals surface area contributed by atoms with Crippen LogP contribution in [0.1, 0.15) is 52.9 Å². The van der Waals surface area contributed by atoms with Gasteiger partial charge in [-0.3, -0.25) is 0 Å². The van der Waals surface area contributed by atoms with E-state index in [1.807, 2.05) is 0 Å². The molecule has 1 saturated heterocycles. The average molecular weight is 224 g/mol. The lowest BCUT2D eigenvalue weighted by Gasteiger charge is -2.51. The molecule has 1 aliphatic heterocycles. The molecule has 1 saturated carbocycles. The van der Waals surface area contributed by atoms with Crippen LogP contribution in [0.4, 0.5) is 0 Å². The first kappa shape index (κ1) is 12.4. The third-order valence-electron chi connectivity index (χ3n) is 4.33. The van der Waals surface area contributed by atoms with Crippen molar-refractivity contribution in [2.24, 2.45) is 10.8 Å².